The summed E-state index contributed by atoms with van der Waals surface area (Å²) in [5.74, 6) is 1.35. The second-order valence-corrected chi connectivity index (χ2v) is 3.88. The number of amides is 1. The SMILES string of the molecule is CC(C)CNC(=O)CNCc1ccco1. The number of carbonyl (C=O) groups is 1. The monoisotopic (exact) mass is 210 g/mol. The molecule has 0 bridgehead atoms. The lowest BCUT2D eigenvalue weighted by Gasteiger charge is -2.07. The molecule has 0 aliphatic carbocycles. The van der Waals surface area contributed by atoms with Crippen LogP contribution in [0.5, 0.6) is 0 Å². The van der Waals surface area contributed by atoms with Crippen molar-refractivity contribution >= 4 is 5.91 Å². The van der Waals surface area contributed by atoms with Crippen molar-refractivity contribution < 1.29 is 9.21 Å². The molecule has 1 amide bonds. The molecule has 0 fully saturated rings. The molecule has 15 heavy (non-hydrogen) atoms. The van der Waals surface area contributed by atoms with Gasteiger partial charge in [-0.2, -0.15) is 0 Å². The van der Waals surface area contributed by atoms with Gasteiger partial charge in [0.25, 0.3) is 0 Å². The van der Waals surface area contributed by atoms with Gasteiger partial charge < -0.3 is 15.1 Å². The Bertz CT molecular complexity index is 281. The number of hydrogen-bond acceptors (Lipinski definition) is 3. The standard InChI is InChI=1S/C11H18N2O2/c1-9(2)6-13-11(14)8-12-7-10-4-3-5-15-10/h3-5,9,12H,6-8H2,1-2H3,(H,13,14). The van der Waals surface area contributed by atoms with Crippen LogP contribution >= 0.6 is 0 Å². The van der Waals surface area contributed by atoms with Crippen molar-refractivity contribution in [3.63, 3.8) is 0 Å². The van der Waals surface area contributed by atoms with Gasteiger partial charge in [0.1, 0.15) is 5.76 Å². The van der Waals surface area contributed by atoms with E-state index in [4.69, 9.17) is 4.42 Å². The van der Waals surface area contributed by atoms with E-state index >= 15 is 0 Å². The zero-order chi connectivity index (χ0) is 11.1. The topological polar surface area (TPSA) is 54.3 Å². The van der Waals surface area contributed by atoms with Crippen molar-refractivity contribution in [3.05, 3.63) is 24.2 Å². The fourth-order valence-corrected chi connectivity index (χ4v) is 1.09. The van der Waals surface area contributed by atoms with Crippen LogP contribution in [0.25, 0.3) is 0 Å². The van der Waals surface area contributed by atoms with Crippen LogP contribution in [0.15, 0.2) is 22.8 Å². The van der Waals surface area contributed by atoms with Crippen LogP contribution in [0.1, 0.15) is 19.6 Å². The third-order valence-corrected chi connectivity index (χ3v) is 1.87. The smallest absolute Gasteiger partial charge is 0.233 e. The summed E-state index contributed by atoms with van der Waals surface area (Å²) in [4.78, 5) is 11.3. The lowest BCUT2D eigenvalue weighted by Crippen LogP contribution is -2.35. The molecule has 0 aliphatic heterocycles. The molecule has 0 saturated carbocycles. The van der Waals surface area contributed by atoms with Crippen molar-refractivity contribution in [2.24, 2.45) is 5.92 Å². The molecule has 0 aliphatic rings. The van der Waals surface area contributed by atoms with Crippen LogP contribution in [-0.2, 0) is 11.3 Å². The second-order valence-electron chi connectivity index (χ2n) is 3.88. The van der Waals surface area contributed by atoms with Gasteiger partial charge in [0.15, 0.2) is 0 Å². The predicted molar refractivity (Wildman–Crippen MR) is 58.3 cm³/mol. The van der Waals surface area contributed by atoms with Crippen molar-refractivity contribution in [3.8, 4) is 0 Å². The predicted octanol–water partition coefficient (Wildman–Crippen LogP) is 1.14. The highest BCUT2D eigenvalue weighted by atomic mass is 16.3. The van der Waals surface area contributed by atoms with Gasteiger partial charge >= 0.3 is 0 Å². The maximum atomic E-state index is 11.3. The molecule has 2 N–H and O–H groups in total. The van der Waals surface area contributed by atoms with Crippen LogP contribution < -0.4 is 10.6 Å². The lowest BCUT2D eigenvalue weighted by molar-refractivity contribution is -0.120. The Morgan fingerprint density at radius 2 is 2.33 bits per heavy atom. The van der Waals surface area contributed by atoms with Crippen molar-refractivity contribution in [1.29, 1.82) is 0 Å². The van der Waals surface area contributed by atoms with Gasteiger partial charge in [-0.3, -0.25) is 4.79 Å². The van der Waals surface area contributed by atoms with Crippen LogP contribution in [0.4, 0.5) is 0 Å². The van der Waals surface area contributed by atoms with Crippen LogP contribution in [0, 0.1) is 5.92 Å². The van der Waals surface area contributed by atoms with E-state index in [0.717, 1.165) is 12.3 Å². The molecule has 0 radical (unpaired) electrons. The van der Waals surface area contributed by atoms with E-state index in [0.29, 0.717) is 19.0 Å². The first-order valence-electron chi connectivity index (χ1n) is 5.18. The Labute approximate surface area is 90.0 Å². The minimum atomic E-state index is 0.0234. The Balaban J connectivity index is 2.07. The van der Waals surface area contributed by atoms with Gasteiger partial charge in [-0.05, 0) is 18.1 Å². The van der Waals surface area contributed by atoms with Gasteiger partial charge in [0.2, 0.25) is 5.91 Å². The largest absolute Gasteiger partial charge is 0.468 e. The summed E-state index contributed by atoms with van der Waals surface area (Å²) in [5.41, 5.74) is 0. The normalized spacial score (nSPS) is 10.6. The molecule has 1 rings (SSSR count). The Hall–Kier alpha value is -1.29. The summed E-state index contributed by atoms with van der Waals surface area (Å²) in [7, 11) is 0. The Morgan fingerprint density at radius 1 is 1.53 bits per heavy atom. The quantitative estimate of drug-likeness (QED) is 0.740. The third kappa shape index (κ3) is 5.22. The molecule has 0 aromatic carbocycles. The van der Waals surface area contributed by atoms with E-state index in [1.807, 2.05) is 12.1 Å². The zero-order valence-electron chi connectivity index (χ0n) is 9.25. The van der Waals surface area contributed by atoms with Gasteiger partial charge in [-0.25, -0.2) is 0 Å². The summed E-state index contributed by atoms with van der Waals surface area (Å²) in [6.45, 7) is 5.77. The minimum absolute atomic E-state index is 0.0234. The molecule has 1 heterocycles. The molecule has 0 unspecified atom stereocenters. The highest BCUT2D eigenvalue weighted by molar-refractivity contribution is 5.77. The van der Waals surface area contributed by atoms with E-state index < -0.39 is 0 Å². The van der Waals surface area contributed by atoms with E-state index in [-0.39, 0.29) is 5.91 Å². The maximum Gasteiger partial charge on any atom is 0.233 e. The fourth-order valence-electron chi connectivity index (χ4n) is 1.09. The zero-order valence-corrected chi connectivity index (χ0v) is 9.25. The molecule has 1 aromatic heterocycles. The summed E-state index contributed by atoms with van der Waals surface area (Å²) in [6, 6.07) is 3.70. The first kappa shape index (κ1) is 11.8. The summed E-state index contributed by atoms with van der Waals surface area (Å²) >= 11 is 0. The lowest BCUT2D eigenvalue weighted by atomic mass is 10.2. The average Bonchev–Trinajstić information content (AvgIpc) is 2.67. The number of furan rings is 1. The van der Waals surface area contributed by atoms with Crippen molar-refractivity contribution in [2.45, 2.75) is 20.4 Å². The molecular formula is C11H18N2O2. The second kappa shape index (κ2) is 6.24. The Kier molecular flexibility index (Phi) is 4.90. The molecular weight excluding hydrogens is 192 g/mol. The number of carbonyl (C=O) groups excluding carboxylic acids is 1. The molecule has 84 valence electrons. The van der Waals surface area contributed by atoms with Crippen LogP contribution in [0.3, 0.4) is 0 Å². The van der Waals surface area contributed by atoms with Gasteiger partial charge in [-0.15, -0.1) is 0 Å². The minimum Gasteiger partial charge on any atom is -0.468 e. The first-order chi connectivity index (χ1) is 7.18. The van der Waals surface area contributed by atoms with Crippen LogP contribution in [-0.4, -0.2) is 19.0 Å². The van der Waals surface area contributed by atoms with Crippen molar-refractivity contribution in [2.75, 3.05) is 13.1 Å². The van der Waals surface area contributed by atoms with E-state index in [1.165, 1.54) is 0 Å². The molecule has 4 nitrogen and oxygen atoms in total. The van der Waals surface area contributed by atoms with E-state index in [9.17, 15) is 4.79 Å². The molecule has 0 spiro atoms. The molecule has 1 aromatic rings. The third-order valence-electron chi connectivity index (χ3n) is 1.87. The highest BCUT2D eigenvalue weighted by Crippen LogP contribution is 1.97. The molecule has 0 saturated heterocycles. The summed E-state index contributed by atoms with van der Waals surface area (Å²) in [5, 5.41) is 5.84. The maximum absolute atomic E-state index is 11.3. The van der Waals surface area contributed by atoms with Gasteiger partial charge in [-0.1, -0.05) is 13.8 Å². The number of nitrogens with one attached hydrogen (secondary N) is 2. The first-order valence-corrected chi connectivity index (χ1v) is 5.18. The average molecular weight is 210 g/mol. The van der Waals surface area contributed by atoms with Crippen molar-refractivity contribution in [1.82, 2.24) is 10.6 Å². The van der Waals surface area contributed by atoms with Gasteiger partial charge in [0, 0.05) is 6.54 Å². The van der Waals surface area contributed by atoms with E-state index in [1.54, 1.807) is 6.26 Å². The number of rotatable bonds is 6. The Morgan fingerprint density at radius 3 is 2.93 bits per heavy atom. The van der Waals surface area contributed by atoms with E-state index in [2.05, 4.69) is 24.5 Å². The summed E-state index contributed by atoms with van der Waals surface area (Å²) < 4.78 is 5.12. The van der Waals surface area contributed by atoms with Gasteiger partial charge in [0.05, 0.1) is 19.4 Å². The van der Waals surface area contributed by atoms with Crippen LogP contribution in [0.2, 0.25) is 0 Å². The summed E-state index contributed by atoms with van der Waals surface area (Å²) in [6.07, 6.45) is 1.62. The molecule has 0 atom stereocenters. The fraction of sp³-hybridized carbons (Fsp3) is 0.545. The molecule has 4 heteroatoms. The highest BCUT2D eigenvalue weighted by Gasteiger charge is 2.02. The number of hydrogen-bond donors (Lipinski definition) is 2.